The van der Waals surface area contributed by atoms with Crippen LogP contribution in [0.15, 0.2) is 11.2 Å². The van der Waals surface area contributed by atoms with Crippen molar-refractivity contribution >= 4 is 15.9 Å². The third-order valence-electron chi connectivity index (χ3n) is 4.02. The van der Waals surface area contributed by atoms with E-state index in [2.05, 4.69) is 14.7 Å². The first-order valence-electron chi connectivity index (χ1n) is 7.28. The first kappa shape index (κ1) is 14.5. The number of rotatable bonds is 4. The van der Waals surface area contributed by atoms with Crippen LogP contribution >= 0.6 is 0 Å². The van der Waals surface area contributed by atoms with E-state index in [1.807, 2.05) is 4.90 Å². The molecule has 0 radical (unpaired) electrons. The lowest BCUT2D eigenvalue weighted by Crippen LogP contribution is -2.46. The van der Waals surface area contributed by atoms with Gasteiger partial charge in [0.1, 0.15) is 5.82 Å². The minimum absolute atomic E-state index is 0.0940. The third kappa shape index (κ3) is 3.26. The summed E-state index contributed by atoms with van der Waals surface area (Å²) in [5.41, 5.74) is 0. The zero-order valence-corrected chi connectivity index (χ0v) is 12.8. The molecule has 8 heteroatoms. The topological polar surface area (TPSA) is 95.2 Å². The Morgan fingerprint density at radius 1 is 1.33 bits per heavy atom. The molecule has 1 aliphatic heterocycles. The highest BCUT2D eigenvalue weighted by molar-refractivity contribution is 7.89. The molecule has 1 aromatic heterocycles. The summed E-state index contributed by atoms with van der Waals surface area (Å²) in [7, 11) is -3.55. The quantitative estimate of drug-likeness (QED) is 0.841. The molecule has 0 aromatic carbocycles. The maximum absolute atomic E-state index is 12.2. The van der Waals surface area contributed by atoms with Gasteiger partial charge < -0.3 is 9.88 Å². The number of nitrogens with zero attached hydrogens (tertiary/aromatic N) is 2. The van der Waals surface area contributed by atoms with Gasteiger partial charge in [-0.05, 0) is 32.6 Å². The third-order valence-corrected chi connectivity index (χ3v) is 5.45. The minimum atomic E-state index is -3.55. The van der Waals surface area contributed by atoms with E-state index in [1.54, 1.807) is 6.92 Å². The first-order chi connectivity index (χ1) is 9.95. The zero-order valence-electron chi connectivity index (χ0n) is 12.0. The largest absolute Gasteiger partial charge is 0.342 e. The van der Waals surface area contributed by atoms with Crippen molar-refractivity contribution in [3.63, 3.8) is 0 Å². The van der Waals surface area contributed by atoms with Crippen LogP contribution < -0.4 is 4.72 Å². The van der Waals surface area contributed by atoms with Crippen molar-refractivity contribution in [2.24, 2.45) is 5.92 Å². The Morgan fingerprint density at radius 3 is 2.52 bits per heavy atom. The van der Waals surface area contributed by atoms with E-state index in [1.165, 1.54) is 6.20 Å². The van der Waals surface area contributed by atoms with Crippen LogP contribution in [0.4, 0.5) is 0 Å². The summed E-state index contributed by atoms with van der Waals surface area (Å²) in [5.74, 6) is 1.03. The number of imidazole rings is 1. The van der Waals surface area contributed by atoms with Gasteiger partial charge in [0.15, 0.2) is 5.03 Å². The Kier molecular flexibility index (Phi) is 3.75. The van der Waals surface area contributed by atoms with Gasteiger partial charge in [-0.25, -0.2) is 18.1 Å². The Labute approximate surface area is 124 Å². The molecule has 116 valence electrons. The SMILES string of the molecule is Cc1ncc(S(=O)(=O)NC2CCN(C(=O)C3CC3)CC2)[nH]1. The van der Waals surface area contributed by atoms with Crippen LogP contribution in [0.3, 0.4) is 0 Å². The van der Waals surface area contributed by atoms with Crippen LogP contribution in [0.5, 0.6) is 0 Å². The number of nitrogens with one attached hydrogen (secondary N) is 2. The van der Waals surface area contributed by atoms with Crippen LogP contribution in [-0.2, 0) is 14.8 Å². The van der Waals surface area contributed by atoms with Crippen molar-refractivity contribution in [2.45, 2.75) is 43.7 Å². The fourth-order valence-electron chi connectivity index (χ4n) is 2.62. The number of hydrogen-bond acceptors (Lipinski definition) is 4. The van der Waals surface area contributed by atoms with Crippen LogP contribution in [0.2, 0.25) is 0 Å². The Bertz CT molecular complexity index is 628. The molecule has 0 bridgehead atoms. The summed E-state index contributed by atoms with van der Waals surface area (Å²) in [6.45, 7) is 2.97. The predicted octanol–water partition coefficient (Wildman–Crippen LogP) is 0.397. The molecule has 3 rings (SSSR count). The van der Waals surface area contributed by atoms with E-state index in [4.69, 9.17) is 0 Å². The Hall–Kier alpha value is -1.41. The number of piperidine rings is 1. The lowest BCUT2D eigenvalue weighted by atomic mass is 10.1. The molecule has 21 heavy (non-hydrogen) atoms. The van der Waals surface area contributed by atoms with Crippen molar-refractivity contribution in [1.82, 2.24) is 19.6 Å². The van der Waals surface area contributed by atoms with E-state index in [-0.39, 0.29) is 22.9 Å². The molecule has 0 unspecified atom stereocenters. The van der Waals surface area contributed by atoms with Crippen molar-refractivity contribution in [3.05, 3.63) is 12.0 Å². The zero-order chi connectivity index (χ0) is 15.0. The van der Waals surface area contributed by atoms with Crippen molar-refractivity contribution in [3.8, 4) is 0 Å². The van der Waals surface area contributed by atoms with Crippen molar-refractivity contribution in [1.29, 1.82) is 0 Å². The van der Waals surface area contributed by atoms with Gasteiger partial charge in [-0.1, -0.05) is 0 Å². The molecule has 2 N–H and O–H groups in total. The molecule has 1 amide bonds. The van der Waals surface area contributed by atoms with Crippen molar-refractivity contribution < 1.29 is 13.2 Å². The number of H-pyrrole nitrogens is 1. The van der Waals surface area contributed by atoms with E-state index in [0.29, 0.717) is 31.8 Å². The van der Waals surface area contributed by atoms with Gasteiger partial charge >= 0.3 is 0 Å². The number of amides is 1. The lowest BCUT2D eigenvalue weighted by molar-refractivity contribution is -0.133. The van der Waals surface area contributed by atoms with E-state index in [9.17, 15) is 13.2 Å². The summed E-state index contributed by atoms with van der Waals surface area (Å²) in [6.07, 6.45) is 4.65. The van der Waals surface area contributed by atoms with Crippen LogP contribution in [0.1, 0.15) is 31.5 Å². The highest BCUT2D eigenvalue weighted by Gasteiger charge is 2.35. The fraction of sp³-hybridized carbons (Fsp3) is 0.692. The first-order valence-corrected chi connectivity index (χ1v) is 8.77. The molecule has 1 aliphatic carbocycles. The highest BCUT2D eigenvalue weighted by atomic mass is 32.2. The number of likely N-dealkylation sites (tertiary alicyclic amines) is 1. The molecule has 1 saturated carbocycles. The molecule has 1 saturated heterocycles. The summed E-state index contributed by atoms with van der Waals surface area (Å²) in [6, 6.07) is -0.123. The van der Waals surface area contributed by atoms with E-state index >= 15 is 0 Å². The number of aromatic nitrogens is 2. The number of aryl methyl sites for hydroxylation is 1. The number of hydrogen-bond donors (Lipinski definition) is 2. The minimum Gasteiger partial charge on any atom is -0.342 e. The van der Waals surface area contributed by atoms with E-state index in [0.717, 1.165) is 12.8 Å². The Morgan fingerprint density at radius 2 is 2.00 bits per heavy atom. The maximum atomic E-state index is 12.2. The highest BCUT2D eigenvalue weighted by Crippen LogP contribution is 2.31. The average molecular weight is 312 g/mol. The van der Waals surface area contributed by atoms with Crippen LogP contribution in [-0.4, -0.2) is 48.3 Å². The second kappa shape index (κ2) is 5.42. The average Bonchev–Trinajstić information content (AvgIpc) is 3.20. The summed E-state index contributed by atoms with van der Waals surface area (Å²) < 4.78 is 27.1. The molecule has 2 heterocycles. The molecule has 1 aromatic rings. The van der Waals surface area contributed by atoms with Crippen LogP contribution in [0, 0.1) is 12.8 Å². The lowest BCUT2D eigenvalue weighted by Gasteiger charge is -2.32. The number of aromatic amines is 1. The van der Waals surface area contributed by atoms with Gasteiger partial charge in [-0.15, -0.1) is 0 Å². The molecule has 0 spiro atoms. The number of carbonyl (C=O) groups is 1. The number of sulfonamides is 1. The summed E-state index contributed by atoms with van der Waals surface area (Å²) in [4.78, 5) is 20.5. The summed E-state index contributed by atoms with van der Waals surface area (Å²) in [5, 5.41) is 0.0940. The fourth-order valence-corrected chi connectivity index (χ4v) is 3.90. The number of carbonyl (C=O) groups excluding carboxylic acids is 1. The molecular weight excluding hydrogens is 292 g/mol. The summed E-state index contributed by atoms with van der Waals surface area (Å²) >= 11 is 0. The van der Waals surface area contributed by atoms with Gasteiger partial charge in [0.2, 0.25) is 5.91 Å². The van der Waals surface area contributed by atoms with Gasteiger partial charge in [0, 0.05) is 25.0 Å². The second-order valence-electron chi connectivity index (χ2n) is 5.83. The van der Waals surface area contributed by atoms with Gasteiger partial charge in [-0.3, -0.25) is 4.79 Å². The van der Waals surface area contributed by atoms with Gasteiger partial charge in [-0.2, -0.15) is 0 Å². The standard InChI is InChI=1S/C13H20N4O3S/c1-9-14-8-12(15-9)21(19,20)16-11-4-6-17(7-5-11)13(18)10-2-3-10/h8,10-11,16H,2-7H2,1H3,(H,14,15). The van der Waals surface area contributed by atoms with Gasteiger partial charge in [0.25, 0.3) is 10.0 Å². The monoisotopic (exact) mass is 312 g/mol. The molecular formula is C13H20N4O3S. The van der Waals surface area contributed by atoms with Gasteiger partial charge in [0.05, 0.1) is 6.20 Å². The smallest absolute Gasteiger partial charge is 0.257 e. The Balaban J connectivity index is 1.56. The molecule has 0 atom stereocenters. The second-order valence-corrected chi connectivity index (χ2v) is 7.51. The van der Waals surface area contributed by atoms with Crippen LogP contribution in [0.25, 0.3) is 0 Å². The molecule has 2 aliphatic rings. The maximum Gasteiger partial charge on any atom is 0.257 e. The predicted molar refractivity (Wildman–Crippen MR) is 76.0 cm³/mol. The molecule has 2 fully saturated rings. The van der Waals surface area contributed by atoms with Crippen molar-refractivity contribution in [2.75, 3.05) is 13.1 Å². The van der Waals surface area contributed by atoms with E-state index < -0.39 is 10.0 Å². The molecule has 7 nitrogen and oxygen atoms in total. The normalized spacial score (nSPS) is 20.7.